The van der Waals surface area contributed by atoms with Gasteiger partial charge in [-0.15, -0.1) is 0 Å². The van der Waals surface area contributed by atoms with Crippen molar-refractivity contribution in [2.45, 2.75) is 32.4 Å². The molecule has 0 spiro atoms. The molecule has 4 heteroatoms. The number of rotatable bonds is 5. The molecule has 0 amide bonds. The first kappa shape index (κ1) is 13.5. The second-order valence-corrected chi connectivity index (χ2v) is 4.27. The fourth-order valence-corrected chi connectivity index (χ4v) is 1.62. The fraction of sp³-hybridized carbons (Fsp3) is 0.462. The first-order chi connectivity index (χ1) is 8.02. The van der Waals surface area contributed by atoms with Crippen LogP contribution >= 0.6 is 0 Å². The molecule has 0 fully saturated rings. The van der Waals surface area contributed by atoms with Crippen molar-refractivity contribution < 1.29 is 14.6 Å². The normalized spacial score (nSPS) is 12.5. The van der Waals surface area contributed by atoms with E-state index in [0.717, 1.165) is 5.56 Å². The lowest BCUT2D eigenvalue weighted by molar-refractivity contribution is -0.143. The van der Waals surface area contributed by atoms with Crippen molar-refractivity contribution in [3.63, 3.8) is 0 Å². The molecule has 0 unspecified atom stereocenters. The number of phenols is 1. The van der Waals surface area contributed by atoms with Gasteiger partial charge in [-0.05, 0) is 24.1 Å². The van der Waals surface area contributed by atoms with Crippen LogP contribution in [0.2, 0.25) is 0 Å². The molecule has 0 aliphatic heterocycles. The van der Waals surface area contributed by atoms with Crippen molar-refractivity contribution >= 4 is 5.97 Å². The topological polar surface area (TPSA) is 58.6 Å². The minimum absolute atomic E-state index is 0.205. The third-order valence-electron chi connectivity index (χ3n) is 2.40. The van der Waals surface area contributed by atoms with Crippen LogP contribution in [0, 0.1) is 0 Å². The molecule has 1 atom stereocenters. The van der Waals surface area contributed by atoms with Crippen molar-refractivity contribution in [2.75, 3.05) is 7.11 Å². The SMILES string of the molecule is COC(=O)[C@H](Cc1ccc(O)cc1)NC(C)C. The Balaban J connectivity index is 2.71. The summed E-state index contributed by atoms with van der Waals surface area (Å²) in [6.07, 6.45) is 0.547. The van der Waals surface area contributed by atoms with E-state index in [-0.39, 0.29) is 23.8 Å². The summed E-state index contributed by atoms with van der Waals surface area (Å²) in [5.74, 6) is -0.0491. The number of methoxy groups -OCH3 is 1. The van der Waals surface area contributed by atoms with Gasteiger partial charge in [0.2, 0.25) is 0 Å². The second kappa shape index (κ2) is 6.25. The quantitative estimate of drug-likeness (QED) is 0.761. The molecule has 0 aliphatic carbocycles. The van der Waals surface area contributed by atoms with Gasteiger partial charge in [-0.1, -0.05) is 26.0 Å². The van der Waals surface area contributed by atoms with Gasteiger partial charge in [0, 0.05) is 6.04 Å². The fourth-order valence-electron chi connectivity index (χ4n) is 1.62. The average molecular weight is 237 g/mol. The molecule has 0 heterocycles. The van der Waals surface area contributed by atoms with E-state index in [1.165, 1.54) is 7.11 Å². The lowest BCUT2D eigenvalue weighted by Crippen LogP contribution is -2.43. The van der Waals surface area contributed by atoms with Crippen LogP contribution < -0.4 is 5.32 Å². The van der Waals surface area contributed by atoms with Gasteiger partial charge in [0.25, 0.3) is 0 Å². The van der Waals surface area contributed by atoms with Gasteiger partial charge in [-0.25, -0.2) is 0 Å². The van der Waals surface area contributed by atoms with Crippen molar-refractivity contribution in [1.82, 2.24) is 5.32 Å². The Hall–Kier alpha value is -1.55. The average Bonchev–Trinajstić information content (AvgIpc) is 2.29. The number of nitrogens with one attached hydrogen (secondary N) is 1. The molecule has 4 nitrogen and oxygen atoms in total. The number of carbonyl (C=O) groups is 1. The molecular weight excluding hydrogens is 218 g/mol. The number of benzene rings is 1. The molecule has 94 valence electrons. The minimum Gasteiger partial charge on any atom is -0.508 e. The van der Waals surface area contributed by atoms with E-state index < -0.39 is 0 Å². The van der Waals surface area contributed by atoms with Crippen molar-refractivity contribution in [2.24, 2.45) is 0 Å². The Morgan fingerprint density at radius 2 is 1.94 bits per heavy atom. The van der Waals surface area contributed by atoms with E-state index in [4.69, 9.17) is 4.74 Å². The number of esters is 1. The van der Waals surface area contributed by atoms with Gasteiger partial charge in [0.05, 0.1) is 7.11 Å². The zero-order chi connectivity index (χ0) is 12.8. The van der Waals surface area contributed by atoms with E-state index in [9.17, 15) is 9.90 Å². The zero-order valence-corrected chi connectivity index (χ0v) is 10.4. The number of carbonyl (C=O) groups excluding carboxylic acids is 1. The first-order valence-corrected chi connectivity index (χ1v) is 5.64. The minimum atomic E-state index is -0.357. The largest absolute Gasteiger partial charge is 0.508 e. The van der Waals surface area contributed by atoms with Crippen LogP contribution in [0.15, 0.2) is 24.3 Å². The molecule has 1 rings (SSSR count). The second-order valence-electron chi connectivity index (χ2n) is 4.27. The third kappa shape index (κ3) is 4.44. The number of aromatic hydroxyl groups is 1. The van der Waals surface area contributed by atoms with Crippen LogP contribution in [0.4, 0.5) is 0 Å². The predicted octanol–water partition coefficient (Wildman–Crippen LogP) is 1.47. The van der Waals surface area contributed by atoms with E-state index in [1.54, 1.807) is 24.3 Å². The lowest BCUT2D eigenvalue weighted by Gasteiger charge is -2.19. The maximum absolute atomic E-state index is 11.6. The van der Waals surface area contributed by atoms with Crippen molar-refractivity contribution in [1.29, 1.82) is 0 Å². The zero-order valence-electron chi connectivity index (χ0n) is 10.4. The van der Waals surface area contributed by atoms with Gasteiger partial charge in [-0.3, -0.25) is 4.79 Å². The van der Waals surface area contributed by atoms with Crippen LogP contribution in [-0.2, 0) is 16.0 Å². The van der Waals surface area contributed by atoms with Gasteiger partial charge < -0.3 is 15.2 Å². The van der Waals surface area contributed by atoms with Gasteiger partial charge in [-0.2, -0.15) is 0 Å². The molecule has 0 radical (unpaired) electrons. The highest BCUT2D eigenvalue weighted by molar-refractivity contribution is 5.76. The summed E-state index contributed by atoms with van der Waals surface area (Å²) < 4.78 is 4.76. The maximum atomic E-state index is 11.6. The Morgan fingerprint density at radius 3 is 2.41 bits per heavy atom. The highest BCUT2D eigenvalue weighted by Gasteiger charge is 2.19. The molecule has 1 aromatic rings. The summed E-state index contributed by atoms with van der Waals surface area (Å²) in [7, 11) is 1.38. The van der Waals surface area contributed by atoms with Gasteiger partial charge in [0.1, 0.15) is 11.8 Å². The van der Waals surface area contributed by atoms with Gasteiger partial charge in [0.15, 0.2) is 0 Å². The number of hydrogen-bond donors (Lipinski definition) is 2. The Labute approximate surface area is 102 Å². The highest BCUT2D eigenvalue weighted by atomic mass is 16.5. The monoisotopic (exact) mass is 237 g/mol. The van der Waals surface area contributed by atoms with Crippen molar-refractivity contribution in [3.8, 4) is 5.75 Å². The maximum Gasteiger partial charge on any atom is 0.323 e. The summed E-state index contributed by atoms with van der Waals surface area (Å²) in [6.45, 7) is 3.96. The van der Waals surface area contributed by atoms with E-state index >= 15 is 0 Å². The molecule has 0 saturated carbocycles. The van der Waals surface area contributed by atoms with Crippen LogP contribution in [-0.4, -0.2) is 30.3 Å². The van der Waals surface area contributed by atoms with E-state index in [0.29, 0.717) is 6.42 Å². The number of hydrogen-bond acceptors (Lipinski definition) is 4. The van der Waals surface area contributed by atoms with Crippen LogP contribution in [0.1, 0.15) is 19.4 Å². The molecule has 0 saturated heterocycles. The lowest BCUT2D eigenvalue weighted by atomic mass is 10.1. The first-order valence-electron chi connectivity index (χ1n) is 5.64. The predicted molar refractivity (Wildman–Crippen MR) is 65.9 cm³/mol. The van der Waals surface area contributed by atoms with Crippen molar-refractivity contribution in [3.05, 3.63) is 29.8 Å². The molecule has 17 heavy (non-hydrogen) atoms. The molecule has 2 N–H and O–H groups in total. The summed E-state index contributed by atoms with van der Waals surface area (Å²) in [6, 6.07) is 6.67. The molecule has 0 aromatic heterocycles. The molecule has 0 bridgehead atoms. The van der Waals surface area contributed by atoms with Gasteiger partial charge >= 0.3 is 5.97 Å². The Bertz CT molecular complexity index is 359. The smallest absolute Gasteiger partial charge is 0.323 e. The number of phenolic OH excluding ortho intramolecular Hbond substituents is 1. The van der Waals surface area contributed by atoms with Crippen LogP contribution in [0.3, 0.4) is 0 Å². The standard InChI is InChI=1S/C13H19NO3/c1-9(2)14-12(13(16)17-3)8-10-4-6-11(15)7-5-10/h4-7,9,12,14-15H,8H2,1-3H3/t12-/m0/s1. The highest BCUT2D eigenvalue weighted by Crippen LogP contribution is 2.12. The Morgan fingerprint density at radius 1 is 1.35 bits per heavy atom. The number of ether oxygens (including phenoxy) is 1. The van der Waals surface area contributed by atoms with E-state index in [2.05, 4.69) is 5.32 Å². The summed E-state index contributed by atoms with van der Waals surface area (Å²) in [5, 5.41) is 12.3. The Kier molecular flexibility index (Phi) is 4.97. The molecule has 1 aromatic carbocycles. The summed E-state index contributed by atoms with van der Waals surface area (Å²) >= 11 is 0. The van der Waals surface area contributed by atoms with E-state index in [1.807, 2.05) is 13.8 Å². The summed E-state index contributed by atoms with van der Waals surface area (Å²) in [4.78, 5) is 11.6. The van der Waals surface area contributed by atoms with Crippen LogP contribution in [0.5, 0.6) is 5.75 Å². The summed E-state index contributed by atoms with van der Waals surface area (Å²) in [5.41, 5.74) is 0.978. The third-order valence-corrected chi connectivity index (χ3v) is 2.40. The molecule has 0 aliphatic rings. The van der Waals surface area contributed by atoms with Crippen LogP contribution in [0.25, 0.3) is 0 Å². The molecular formula is C13H19NO3.